The predicted molar refractivity (Wildman–Crippen MR) is 135 cm³/mol. The van der Waals surface area contributed by atoms with Gasteiger partial charge in [-0.05, 0) is 67.6 Å². The summed E-state index contributed by atoms with van der Waals surface area (Å²) in [5, 5.41) is 6.12. The monoisotopic (exact) mass is 555 g/mol. The number of fused-ring (bicyclic) bond motifs is 2. The van der Waals surface area contributed by atoms with Crippen molar-refractivity contribution in [2.45, 2.75) is 57.8 Å². The number of hydrogen-bond acceptors (Lipinski definition) is 7. The Morgan fingerprint density at radius 2 is 2.00 bits per heavy atom. The van der Waals surface area contributed by atoms with Crippen LogP contribution in [0, 0.1) is 5.92 Å². The van der Waals surface area contributed by atoms with E-state index in [1.807, 2.05) is 0 Å². The SMILES string of the molecule is CC(C)(C)OC(=O)Nc1cn(CC(=O)N2[C@@H]3C[C@@H]3C[C@H]2C(=O)Nc2cccc(Br)n2)c2ncncc12. The van der Waals surface area contributed by atoms with Gasteiger partial charge in [-0.2, -0.15) is 0 Å². The number of carbonyl (C=O) groups excluding carboxylic acids is 3. The van der Waals surface area contributed by atoms with Crippen LogP contribution in [0.5, 0.6) is 0 Å². The van der Waals surface area contributed by atoms with Crippen LogP contribution in [0.15, 0.2) is 41.5 Å². The second-order valence-electron chi connectivity index (χ2n) is 10.0. The lowest BCUT2D eigenvalue weighted by molar-refractivity contribution is -0.138. The van der Waals surface area contributed by atoms with Crippen LogP contribution >= 0.6 is 15.9 Å². The van der Waals surface area contributed by atoms with E-state index in [1.54, 1.807) is 60.8 Å². The van der Waals surface area contributed by atoms with Gasteiger partial charge >= 0.3 is 6.09 Å². The smallest absolute Gasteiger partial charge is 0.412 e. The molecule has 0 bridgehead atoms. The first-order valence-corrected chi connectivity index (χ1v) is 12.4. The number of carbonyl (C=O) groups is 3. The van der Waals surface area contributed by atoms with E-state index in [0.717, 1.165) is 6.42 Å². The largest absolute Gasteiger partial charge is 0.444 e. The number of rotatable bonds is 5. The van der Waals surface area contributed by atoms with Gasteiger partial charge < -0.3 is 19.5 Å². The van der Waals surface area contributed by atoms with E-state index in [4.69, 9.17) is 4.74 Å². The molecule has 0 spiro atoms. The van der Waals surface area contributed by atoms with E-state index in [1.165, 1.54) is 6.33 Å². The van der Waals surface area contributed by atoms with Crippen molar-refractivity contribution in [3.8, 4) is 0 Å². The van der Waals surface area contributed by atoms with Crippen molar-refractivity contribution < 1.29 is 19.1 Å². The number of nitrogens with zero attached hydrogens (tertiary/aromatic N) is 5. The van der Waals surface area contributed by atoms with Crippen molar-refractivity contribution in [1.29, 1.82) is 0 Å². The zero-order chi connectivity index (χ0) is 25.6. The van der Waals surface area contributed by atoms with Crippen LogP contribution in [0.3, 0.4) is 0 Å². The van der Waals surface area contributed by atoms with E-state index in [2.05, 4.69) is 41.5 Å². The van der Waals surface area contributed by atoms with Crippen molar-refractivity contribution in [2.75, 3.05) is 10.6 Å². The highest BCUT2D eigenvalue weighted by molar-refractivity contribution is 9.10. The van der Waals surface area contributed by atoms with Gasteiger partial charge in [0.25, 0.3) is 0 Å². The molecule has 1 aliphatic carbocycles. The molecule has 1 saturated heterocycles. The first-order chi connectivity index (χ1) is 17.1. The Balaban J connectivity index is 1.34. The Kier molecular flexibility index (Phi) is 6.15. The molecular weight excluding hydrogens is 530 g/mol. The molecule has 0 unspecified atom stereocenters. The van der Waals surface area contributed by atoms with E-state index in [9.17, 15) is 14.4 Å². The maximum Gasteiger partial charge on any atom is 0.412 e. The fourth-order valence-electron chi connectivity index (χ4n) is 4.63. The second kappa shape index (κ2) is 9.16. The average molecular weight is 556 g/mol. The van der Waals surface area contributed by atoms with E-state index in [0.29, 0.717) is 39.5 Å². The molecule has 0 aromatic carbocycles. The van der Waals surface area contributed by atoms with Gasteiger partial charge in [0.15, 0.2) is 0 Å². The molecule has 2 N–H and O–H groups in total. The average Bonchev–Trinajstić information content (AvgIpc) is 3.32. The van der Waals surface area contributed by atoms with Crippen molar-refractivity contribution >= 4 is 56.4 Å². The molecular formula is C24H26BrN7O4. The van der Waals surface area contributed by atoms with E-state index >= 15 is 0 Å². The number of aromatic nitrogens is 4. The molecule has 5 rings (SSSR count). The highest BCUT2D eigenvalue weighted by atomic mass is 79.9. The summed E-state index contributed by atoms with van der Waals surface area (Å²) >= 11 is 3.30. The third-order valence-corrected chi connectivity index (χ3v) is 6.58. The van der Waals surface area contributed by atoms with E-state index < -0.39 is 17.7 Å². The molecule has 2 fully saturated rings. The maximum atomic E-state index is 13.5. The second-order valence-corrected chi connectivity index (χ2v) is 10.8. The number of anilines is 2. The molecule has 36 heavy (non-hydrogen) atoms. The predicted octanol–water partition coefficient (Wildman–Crippen LogP) is 3.56. The minimum Gasteiger partial charge on any atom is -0.444 e. The Morgan fingerprint density at radius 3 is 2.75 bits per heavy atom. The Morgan fingerprint density at radius 1 is 1.19 bits per heavy atom. The van der Waals surface area contributed by atoms with E-state index in [-0.39, 0.29) is 24.4 Å². The summed E-state index contributed by atoms with van der Waals surface area (Å²) in [6.45, 7) is 5.29. The van der Waals surface area contributed by atoms with Gasteiger partial charge in [-0.25, -0.2) is 19.7 Å². The number of hydrogen-bond donors (Lipinski definition) is 2. The summed E-state index contributed by atoms with van der Waals surface area (Å²) in [5.74, 6) is 0.302. The van der Waals surface area contributed by atoms with Crippen LogP contribution in [0.4, 0.5) is 16.3 Å². The lowest BCUT2D eigenvalue weighted by Crippen LogP contribution is -2.46. The fourth-order valence-corrected chi connectivity index (χ4v) is 4.97. The standard InChI is InChI=1S/C24H26BrN7O4/c1-24(2,3)36-23(35)28-15-10-31(21-14(15)9-26-12-27-21)11-20(33)32-16-7-13(16)8-17(32)22(34)30-19-6-4-5-18(25)29-19/h4-6,9-10,12-13,16-17H,7-8,11H2,1-3H3,(H,28,35)(H,29,30,34)/t13-,16-,17+/m1/s1. The van der Waals surface area contributed by atoms with Crippen molar-refractivity contribution in [3.05, 3.63) is 41.5 Å². The first-order valence-electron chi connectivity index (χ1n) is 11.6. The molecule has 0 radical (unpaired) electrons. The minimum atomic E-state index is -0.660. The van der Waals surface area contributed by atoms with Crippen LogP contribution in [0.2, 0.25) is 0 Å². The normalized spacial score (nSPS) is 20.7. The number of pyridine rings is 1. The number of nitrogens with one attached hydrogen (secondary N) is 2. The summed E-state index contributed by atoms with van der Waals surface area (Å²) in [6.07, 6.45) is 5.50. The molecule has 3 atom stereocenters. The van der Waals surface area contributed by atoms with Gasteiger partial charge in [0.2, 0.25) is 11.8 Å². The summed E-state index contributed by atoms with van der Waals surface area (Å²) in [6, 6.07) is 4.74. The van der Waals surface area contributed by atoms with Crippen molar-refractivity contribution in [1.82, 2.24) is 24.4 Å². The molecule has 1 saturated carbocycles. The fraction of sp³-hybridized carbons (Fsp3) is 0.417. The van der Waals surface area contributed by atoms with Crippen LogP contribution in [0.25, 0.3) is 11.0 Å². The number of halogens is 1. The molecule has 3 aromatic rings. The van der Waals surface area contributed by atoms with Crippen molar-refractivity contribution in [2.24, 2.45) is 5.92 Å². The maximum absolute atomic E-state index is 13.5. The first kappa shape index (κ1) is 24.2. The molecule has 1 aliphatic heterocycles. The van der Waals surface area contributed by atoms with Gasteiger partial charge in [-0.1, -0.05) is 6.07 Å². The lowest BCUT2D eigenvalue weighted by atomic mass is 10.1. The topological polar surface area (TPSA) is 131 Å². The Hall–Kier alpha value is -3.54. The van der Waals surface area contributed by atoms with Gasteiger partial charge in [-0.15, -0.1) is 0 Å². The van der Waals surface area contributed by atoms with Gasteiger partial charge in [0.1, 0.15) is 40.6 Å². The highest BCUT2D eigenvalue weighted by Gasteiger charge is 2.56. The highest BCUT2D eigenvalue weighted by Crippen LogP contribution is 2.48. The zero-order valence-electron chi connectivity index (χ0n) is 20.1. The Bertz CT molecular complexity index is 1350. The summed E-state index contributed by atoms with van der Waals surface area (Å²) in [4.78, 5) is 53.2. The molecule has 3 amide bonds. The van der Waals surface area contributed by atoms with Gasteiger partial charge in [-0.3, -0.25) is 14.9 Å². The van der Waals surface area contributed by atoms with Crippen LogP contribution in [0.1, 0.15) is 33.6 Å². The Labute approximate surface area is 215 Å². The lowest BCUT2D eigenvalue weighted by Gasteiger charge is -2.27. The number of ether oxygens (including phenoxy) is 1. The molecule has 2 aliphatic rings. The quantitative estimate of drug-likeness (QED) is 0.460. The van der Waals surface area contributed by atoms with Crippen LogP contribution in [-0.4, -0.2) is 60.0 Å². The molecule has 4 heterocycles. The minimum absolute atomic E-state index is 0.0361. The summed E-state index contributed by atoms with van der Waals surface area (Å²) in [7, 11) is 0. The molecule has 3 aromatic heterocycles. The third-order valence-electron chi connectivity index (χ3n) is 6.14. The number of likely N-dealkylation sites (tertiary alicyclic amines) is 1. The summed E-state index contributed by atoms with van der Waals surface area (Å²) in [5.41, 5.74) is 0.274. The van der Waals surface area contributed by atoms with Gasteiger partial charge in [0, 0.05) is 18.4 Å². The number of piperidine rings is 1. The van der Waals surface area contributed by atoms with Crippen molar-refractivity contribution in [3.63, 3.8) is 0 Å². The number of amides is 3. The molecule has 11 nitrogen and oxygen atoms in total. The summed E-state index contributed by atoms with van der Waals surface area (Å²) < 4.78 is 7.62. The van der Waals surface area contributed by atoms with Crippen LogP contribution in [-0.2, 0) is 20.9 Å². The zero-order valence-corrected chi connectivity index (χ0v) is 21.7. The van der Waals surface area contributed by atoms with Gasteiger partial charge in [0.05, 0.1) is 11.1 Å². The molecule has 188 valence electrons. The molecule has 12 heteroatoms. The van der Waals surface area contributed by atoms with Crippen LogP contribution < -0.4 is 10.6 Å². The third kappa shape index (κ3) is 5.03.